The molecular formula is C21H22FNO. The van der Waals surface area contributed by atoms with E-state index in [2.05, 4.69) is 16.7 Å². The zero-order valence-corrected chi connectivity index (χ0v) is 13.7. The lowest BCUT2D eigenvalue weighted by molar-refractivity contribution is 0.140. The van der Waals surface area contributed by atoms with Crippen LogP contribution in [0.25, 0.3) is 0 Å². The van der Waals surface area contributed by atoms with Gasteiger partial charge in [-0.25, -0.2) is 4.39 Å². The lowest BCUT2D eigenvalue weighted by Crippen LogP contribution is -2.31. The summed E-state index contributed by atoms with van der Waals surface area (Å²) in [5.74, 6) is 5.57. The molecule has 0 saturated carbocycles. The fourth-order valence-electron chi connectivity index (χ4n) is 3.13. The first-order valence-corrected chi connectivity index (χ1v) is 8.45. The SMILES string of the molecule is OC(C#CCN1CCCCC1)(c1ccccc1)c1ccccc1F. The molecule has 0 aromatic heterocycles. The first-order chi connectivity index (χ1) is 11.7. The van der Waals surface area contributed by atoms with Gasteiger partial charge in [-0.3, -0.25) is 4.90 Å². The summed E-state index contributed by atoms with van der Waals surface area (Å²) in [5, 5.41) is 11.2. The average molecular weight is 323 g/mol. The Hall–Kier alpha value is -2.15. The van der Waals surface area contributed by atoms with Crippen molar-refractivity contribution in [1.82, 2.24) is 4.90 Å². The number of hydrogen-bond donors (Lipinski definition) is 1. The van der Waals surface area contributed by atoms with Crippen LogP contribution in [0.15, 0.2) is 54.6 Å². The van der Waals surface area contributed by atoms with Gasteiger partial charge in [-0.05, 0) is 32.0 Å². The number of piperidine rings is 1. The van der Waals surface area contributed by atoms with Crippen LogP contribution >= 0.6 is 0 Å². The maximum absolute atomic E-state index is 14.3. The van der Waals surface area contributed by atoms with E-state index in [0.29, 0.717) is 12.1 Å². The van der Waals surface area contributed by atoms with Crippen LogP contribution in [0.4, 0.5) is 4.39 Å². The highest BCUT2D eigenvalue weighted by Gasteiger charge is 2.32. The molecule has 0 radical (unpaired) electrons. The highest BCUT2D eigenvalue weighted by molar-refractivity contribution is 5.45. The van der Waals surface area contributed by atoms with Crippen LogP contribution in [-0.4, -0.2) is 29.6 Å². The average Bonchev–Trinajstić information content (AvgIpc) is 2.63. The summed E-state index contributed by atoms with van der Waals surface area (Å²) in [5.41, 5.74) is -0.855. The summed E-state index contributed by atoms with van der Waals surface area (Å²) in [4.78, 5) is 2.28. The quantitative estimate of drug-likeness (QED) is 0.873. The van der Waals surface area contributed by atoms with Crippen LogP contribution in [-0.2, 0) is 5.60 Å². The van der Waals surface area contributed by atoms with Gasteiger partial charge in [-0.2, -0.15) is 0 Å². The Morgan fingerprint density at radius 2 is 1.62 bits per heavy atom. The van der Waals surface area contributed by atoms with E-state index in [-0.39, 0.29) is 5.56 Å². The van der Waals surface area contributed by atoms with Gasteiger partial charge in [0.25, 0.3) is 0 Å². The molecule has 2 aromatic rings. The maximum atomic E-state index is 14.3. The van der Waals surface area contributed by atoms with Gasteiger partial charge in [0.05, 0.1) is 6.54 Å². The van der Waals surface area contributed by atoms with Crippen LogP contribution in [0.2, 0.25) is 0 Å². The van der Waals surface area contributed by atoms with Crippen molar-refractivity contribution in [2.24, 2.45) is 0 Å². The molecule has 0 amide bonds. The molecule has 3 heteroatoms. The zero-order chi connectivity index (χ0) is 16.8. The molecule has 0 bridgehead atoms. The predicted octanol–water partition coefficient (Wildman–Crippen LogP) is 3.55. The van der Waals surface area contributed by atoms with Crippen LogP contribution in [0.3, 0.4) is 0 Å². The molecular weight excluding hydrogens is 301 g/mol. The summed E-state index contributed by atoms with van der Waals surface area (Å²) >= 11 is 0. The number of likely N-dealkylation sites (tertiary alicyclic amines) is 1. The standard InChI is InChI=1S/C21H22FNO/c22-20-13-6-5-12-19(20)21(24,18-10-3-1-4-11-18)14-9-17-23-15-7-2-8-16-23/h1,3-6,10-13,24H,2,7-8,15-17H2. The molecule has 1 atom stereocenters. The van der Waals surface area contributed by atoms with E-state index in [0.717, 1.165) is 13.1 Å². The van der Waals surface area contributed by atoms with Gasteiger partial charge in [0.1, 0.15) is 5.82 Å². The van der Waals surface area contributed by atoms with E-state index in [1.807, 2.05) is 18.2 Å². The minimum Gasteiger partial charge on any atom is -0.369 e. The zero-order valence-electron chi connectivity index (χ0n) is 13.7. The molecule has 1 unspecified atom stereocenters. The van der Waals surface area contributed by atoms with Crippen LogP contribution < -0.4 is 0 Å². The van der Waals surface area contributed by atoms with E-state index >= 15 is 0 Å². The van der Waals surface area contributed by atoms with E-state index in [9.17, 15) is 9.50 Å². The van der Waals surface area contributed by atoms with E-state index < -0.39 is 11.4 Å². The number of benzene rings is 2. The fraction of sp³-hybridized carbons (Fsp3) is 0.333. The third-order valence-electron chi connectivity index (χ3n) is 4.48. The Morgan fingerprint density at radius 1 is 0.958 bits per heavy atom. The van der Waals surface area contributed by atoms with Gasteiger partial charge in [0.15, 0.2) is 5.60 Å². The fourth-order valence-corrected chi connectivity index (χ4v) is 3.13. The second-order valence-electron chi connectivity index (χ2n) is 6.19. The van der Waals surface area contributed by atoms with Gasteiger partial charge in [0.2, 0.25) is 0 Å². The predicted molar refractivity (Wildman–Crippen MR) is 93.9 cm³/mol. The van der Waals surface area contributed by atoms with E-state index in [4.69, 9.17) is 0 Å². The van der Waals surface area contributed by atoms with Gasteiger partial charge >= 0.3 is 0 Å². The summed E-state index contributed by atoms with van der Waals surface area (Å²) in [7, 11) is 0. The summed E-state index contributed by atoms with van der Waals surface area (Å²) in [6.07, 6.45) is 3.66. The van der Waals surface area contributed by atoms with Crippen LogP contribution in [0.1, 0.15) is 30.4 Å². The molecule has 1 N–H and O–H groups in total. The Bertz CT molecular complexity index is 728. The van der Waals surface area contributed by atoms with Gasteiger partial charge in [0, 0.05) is 11.1 Å². The molecule has 1 saturated heterocycles. The lowest BCUT2D eigenvalue weighted by atomic mass is 9.86. The molecule has 124 valence electrons. The van der Waals surface area contributed by atoms with Crippen molar-refractivity contribution in [3.05, 3.63) is 71.5 Å². The summed E-state index contributed by atoms with van der Waals surface area (Å²) in [6, 6.07) is 15.4. The summed E-state index contributed by atoms with van der Waals surface area (Å²) < 4.78 is 14.3. The van der Waals surface area contributed by atoms with Gasteiger partial charge < -0.3 is 5.11 Å². The maximum Gasteiger partial charge on any atom is 0.179 e. The largest absolute Gasteiger partial charge is 0.369 e. The Labute approximate surface area is 142 Å². The lowest BCUT2D eigenvalue weighted by Gasteiger charge is -2.26. The normalized spacial score (nSPS) is 17.6. The topological polar surface area (TPSA) is 23.5 Å². The van der Waals surface area contributed by atoms with Crippen molar-refractivity contribution in [2.45, 2.75) is 24.9 Å². The number of halogens is 1. The Balaban J connectivity index is 1.93. The smallest absolute Gasteiger partial charge is 0.179 e. The first kappa shape index (κ1) is 16.7. The highest BCUT2D eigenvalue weighted by Crippen LogP contribution is 2.30. The monoisotopic (exact) mass is 323 g/mol. The first-order valence-electron chi connectivity index (χ1n) is 8.45. The van der Waals surface area contributed by atoms with Crippen molar-refractivity contribution in [2.75, 3.05) is 19.6 Å². The molecule has 3 rings (SSSR count). The van der Waals surface area contributed by atoms with Crippen LogP contribution in [0, 0.1) is 17.7 Å². The van der Waals surface area contributed by atoms with Crippen molar-refractivity contribution < 1.29 is 9.50 Å². The molecule has 1 aliphatic rings. The minimum absolute atomic E-state index is 0.197. The van der Waals surface area contributed by atoms with Gasteiger partial charge in [-0.1, -0.05) is 66.8 Å². The molecule has 1 fully saturated rings. The van der Waals surface area contributed by atoms with Gasteiger partial charge in [-0.15, -0.1) is 0 Å². The minimum atomic E-state index is -1.64. The molecule has 2 aromatic carbocycles. The van der Waals surface area contributed by atoms with Crippen LogP contribution in [0.5, 0.6) is 0 Å². The van der Waals surface area contributed by atoms with Crippen molar-refractivity contribution >= 4 is 0 Å². The van der Waals surface area contributed by atoms with Crippen molar-refractivity contribution in [3.8, 4) is 11.8 Å². The van der Waals surface area contributed by atoms with E-state index in [1.165, 1.54) is 25.3 Å². The number of nitrogens with zero attached hydrogens (tertiary/aromatic N) is 1. The third-order valence-corrected chi connectivity index (χ3v) is 4.48. The molecule has 0 spiro atoms. The Kier molecular flexibility index (Phi) is 5.30. The molecule has 24 heavy (non-hydrogen) atoms. The number of aliphatic hydroxyl groups is 1. The summed E-state index contributed by atoms with van der Waals surface area (Å²) in [6.45, 7) is 2.68. The second-order valence-corrected chi connectivity index (χ2v) is 6.19. The molecule has 1 heterocycles. The third kappa shape index (κ3) is 3.67. The van der Waals surface area contributed by atoms with E-state index in [1.54, 1.807) is 30.3 Å². The van der Waals surface area contributed by atoms with Crippen molar-refractivity contribution in [3.63, 3.8) is 0 Å². The highest BCUT2D eigenvalue weighted by atomic mass is 19.1. The number of hydrogen-bond acceptors (Lipinski definition) is 2. The van der Waals surface area contributed by atoms with Crippen molar-refractivity contribution in [1.29, 1.82) is 0 Å². The number of rotatable bonds is 3. The second kappa shape index (κ2) is 7.61. The Morgan fingerprint density at radius 3 is 2.33 bits per heavy atom. The molecule has 2 nitrogen and oxygen atoms in total. The molecule has 0 aliphatic carbocycles. The molecule has 1 aliphatic heterocycles.